The van der Waals surface area contributed by atoms with E-state index in [0.717, 1.165) is 71.4 Å². The van der Waals surface area contributed by atoms with Crippen molar-refractivity contribution in [3.05, 3.63) is 88.7 Å². The SMILES string of the molecule is CCn1nc(CCc2ccccc2)cc1C1CCN(C[C@H]2CN([C@H](CC3CCC3)C(=O)O)C[C@@H]2c2cccc(C)c2)CC1. The summed E-state index contributed by atoms with van der Waals surface area (Å²) in [4.78, 5) is 17.4. The highest BCUT2D eigenvalue weighted by Gasteiger charge is 2.41. The van der Waals surface area contributed by atoms with Crippen LogP contribution >= 0.6 is 0 Å². The van der Waals surface area contributed by atoms with Gasteiger partial charge in [-0.3, -0.25) is 14.4 Å². The lowest BCUT2D eigenvalue weighted by Crippen LogP contribution is -2.43. The zero-order valence-electron chi connectivity index (χ0n) is 26.2. The third-order valence-electron chi connectivity index (χ3n) is 10.6. The molecule has 0 amide bonds. The van der Waals surface area contributed by atoms with Gasteiger partial charge in [0.15, 0.2) is 0 Å². The van der Waals surface area contributed by atoms with E-state index < -0.39 is 5.97 Å². The number of hydrogen-bond acceptors (Lipinski definition) is 4. The van der Waals surface area contributed by atoms with Crippen molar-refractivity contribution < 1.29 is 9.90 Å². The molecular weight excluding hydrogens is 532 g/mol. The third-order valence-corrected chi connectivity index (χ3v) is 10.6. The molecule has 3 atom stereocenters. The topological polar surface area (TPSA) is 61.6 Å². The Morgan fingerprint density at radius 2 is 1.77 bits per heavy atom. The molecule has 1 aromatic heterocycles. The van der Waals surface area contributed by atoms with Crippen LogP contribution in [0.15, 0.2) is 60.7 Å². The molecular formula is C37H50N4O2. The van der Waals surface area contributed by atoms with Gasteiger partial charge >= 0.3 is 5.97 Å². The van der Waals surface area contributed by atoms with Crippen molar-refractivity contribution in [2.24, 2.45) is 11.8 Å². The summed E-state index contributed by atoms with van der Waals surface area (Å²) in [5.41, 5.74) is 6.66. The number of carboxylic acids is 1. The first-order valence-corrected chi connectivity index (χ1v) is 16.8. The molecule has 0 spiro atoms. The first-order chi connectivity index (χ1) is 21.0. The Morgan fingerprint density at radius 1 is 0.977 bits per heavy atom. The number of likely N-dealkylation sites (tertiary alicyclic amines) is 2. The maximum atomic E-state index is 12.4. The lowest BCUT2D eigenvalue weighted by atomic mass is 9.80. The molecule has 3 aliphatic rings. The van der Waals surface area contributed by atoms with E-state index in [4.69, 9.17) is 5.10 Å². The van der Waals surface area contributed by atoms with E-state index in [1.54, 1.807) is 0 Å². The monoisotopic (exact) mass is 582 g/mol. The molecule has 3 fully saturated rings. The van der Waals surface area contributed by atoms with E-state index in [2.05, 4.69) is 89.0 Å². The summed E-state index contributed by atoms with van der Waals surface area (Å²) in [7, 11) is 0. The first kappa shape index (κ1) is 30.1. The van der Waals surface area contributed by atoms with E-state index in [-0.39, 0.29) is 6.04 Å². The van der Waals surface area contributed by atoms with Gasteiger partial charge in [0.1, 0.15) is 6.04 Å². The number of hydrogen-bond donors (Lipinski definition) is 1. The molecule has 1 aliphatic carbocycles. The highest BCUT2D eigenvalue weighted by Crippen LogP contribution is 2.39. The van der Waals surface area contributed by atoms with Crippen molar-refractivity contribution in [2.45, 2.75) is 89.6 Å². The predicted molar refractivity (Wildman–Crippen MR) is 173 cm³/mol. The fourth-order valence-electron chi connectivity index (χ4n) is 7.92. The average molecular weight is 583 g/mol. The maximum Gasteiger partial charge on any atom is 0.320 e. The molecule has 1 saturated carbocycles. The van der Waals surface area contributed by atoms with Gasteiger partial charge in [-0.2, -0.15) is 5.10 Å². The number of aromatic nitrogens is 2. The molecule has 0 bridgehead atoms. The van der Waals surface area contributed by atoms with Crippen molar-refractivity contribution in [3.8, 4) is 0 Å². The zero-order chi connectivity index (χ0) is 29.8. The standard InChI is InChI=1S/C37H50N4O2/c1-3-41-35(23-33(38-41)16-15-28-10-5-4-6-11-28)30-17-19-39(20-18-30)24-32-25-40(36(37(42)43)22-29-12-8-13-29)26-34(32)31-14-7-9-27(2)21-31/h4-7,9-11,14,21,23,29-30,32,34,36H,3,8,12-13,15-20,22,24-26H2,1-2H3,(H,42,43)/t32-,34+,36+/m0/s1. The summed E-state index contributed by atoms with van der Waals surface area (Å²) >= 11 is 0. The molecule has 2 aromatic carbocycles. The van der Waals surface area contributed by atoms with Gasteiger partial charge in [0.2, 0.25) is 0 Å². The summed E-state index contributed by atoms with van der Waals surface area (Å²) < 4.78 is 2.25. The molecule has 3 heterocycles. The number of aryl methyl sites for hydroxylation is 4. The Kier molecular flexibility index (Phi) is 9.64. The maximum absolute atomic E-state index is 12.4. The molecule has 43 heavy (non-hydrogen) atoms. The summed E-state index contributed by atoms with van der Waals surface area (Å²) in [5.74, 6) is 1.35. The molecule has 1 N–H and O–H groups in total. The smallest absolute Gasteiger partial charge is 0.320 e. The van der Waals surface area contributed by atoms with E-state index in [0.29, 0.717) is 23.7 Å². The molecule has 6 rings (SSSR count). The largest absolute Gasteiger partial charge is 0.480 e. The Hall–Kier alpha value is -2.96. The second-order valence-electron chi connectivity index (χ2n) is 13.6. The van der Waals surface area contributed by atoms with Crippen LogP contribution in [0.1, 0.15) is 85.4 Å². The average Bonchev–Trinajstić information content (AvgIpc) is 3.60. The van der Waals surface area contributed by atoms with Gasteiger partial charge in [-0.25, -0.2) is 0 Å². The van der Waals surface area contributed by atoms with Crippen molar-refractivity contribution in [1.82, 2.24) is 19.6 Å². The summed E-state index contributed by atoms with van der Waals surface area (Å²) in [6, 6.07) is 21.7. The number of aliphatic carboxylic acids is 1. The van der Waals surface area contributed by atoms with Gasteiger partial charge in [-0.05, 0) is 88.1 Å². The highest BCUT2D eigenvalue weighted by molar-refractivity contribution is 5.73. The summed E-state index contributed by atoms with van der Waals surface area (Å²) in [6.45, 7) is 10.3. The number of carbonyl (C=O) groups is 1. The number of rotatable bonds is 12. The van der Waals surface area contributed by atoms with Crippen LogP contribution < -0.4 is 0 Å². The van der Waals surface area contributed by atoms with Crippen LogP contribution in [0.2, 0.25) is 0 Å². The van der Waals surface area contributed by atoms with Gasteiger partial charge in [-0.1, -0.05) is 79.4 Å². The lowest BCUT2D eigenvalue weighted by molar-refractivity contribution is -0.144. The first-order valence-electron chi connectivity index (χ1n) is 16.8. The van der Waals surface area contributed by atoms with Crippen LogP contribution in [-0.2, 0) is 24.2 Å². The molecule has 230 valence electrons. The molecule has 2 saturated heterocycles. The number of carboxylic acid groups (broad SMARTS) is 1. The number of benzene rings is 2. The van der Waals surface area contributed by atoms with Crippen molar-refractivity contribution >= 4 is 5.97 Å². The van der Waals surface area contributed by atoms with Gasteiger partial charge in [0.25, 0.3) is 0 Å². The van der Waals surface area contributed by atoms with E-state index in [1.807, 2.05) is 0 Å². The zero-order valence-corrected chi connectivity index (χ0v) is 26.2. The second kappa shape index (κ2) is 13.8. The van der Waals surface area contributed by atoms with Crippen molar-refractivity contribution in [1.29, 1.82) is 0 Å². The van der Waals surface area contributed by atoms with Crippen LogP contribution in [0, 0.1) is 18.8 Å². The van der Waals surface area contributed by atoms with Gasteiger partial charge in [-0.15, -0.1) is 0 Å². The van der Waals surface area contributed by atoms with E-state index >= 15 is 0 Å². The molecule has 6 nitrogen and oxygen atoms in total. The molecule has 6 heteroatoms. The minimum absolute atomic E-state index is 0.348. The third kappa shape index (κ3) is 7.24. The van der Waals surface area contributed by atoms with Crippen LogP contribution in [-0.4, -0.2) is 69.4 Å². The summed E-state index contributed by atoms with van der Waals surface area (Å²) in [5, 5.41) is 15.2. The van der Waals surface area contributed by atoms with Gasteiger partial charge in [0.05, 0.1) is 5.69 Å². The Morgan fingerprint density at radius 3 is 2.44 bits per heavy atom. The molecule has 0 radical (unpaired) electrons. The molecule has 3 aromatic rings. The summed E-state index contributed by atoms with van der Waals surface area (Å²) in [6.07, 6.45) is 8.81. The Bertz CT molecular complexity index is 1340. The predicted octanol–water partition coefficient (Wildman–Crippen LogP) is 6.54. The Labute approximate surface area is 258 Å². The highest BCUT2D eigenvalue weighted by atomic mass is 16.4. The lowest BCUT2D eigenvalue weighted by Gasteiger charge is -2.35. The molecule has 2 aliphatic heterocycles. The Balaban J connectivity index is 1.10. The van der Waals surface area contributed by atoms with E-state index in [9.17, 15) is 9.90 Å². The normalized spacial score (nSPS) is 22.9. The molecule has 0 unspecified atom stereocenters. The minimum atomic E-state index is -0.632. The quantitative estimate of drug-likeness (QED) is 0.263. The number of piperidine rings is 1. The van der Waals surface area contributed by atoms with Crippen LogP contribution in [0.25, 0.3) is 0 Å². The van der Waals surface area contributed by atoms with Gasteiger partial charge in [0, 0.05) is 43.7 Å². The van der Waals surface area contributed by atoms with Crippen molar-refractivity contribution in [3.63, 3.8) is 0 Å². The second-order valence-corrected chi connectivity index (χ2v) is 13.6. The van der Waals surface area contributed by atoms with Crippen LogP contribution in [0.3, 0.4) is 0 Å². The van der Waals surface area contributed by atoms with Crippen molar-refractivity contribution in [2.75, 3.05) is 32.7 Å². The van der Waals surface area contributed by atoms with E-state index in [1.165, 1.54) is 47.3 Å². The minimum Gasteiger partial charge on any atom is -0.480 e. The van der Waals surface area contributed by atoms with Crippen LogP contribution in [0.5, 0.6) is 0 Å². The fourth-order valence-corrected chi connectivity index (χ4v) is 7.92. The number of nitrogens with zero attached hydrogens (tertiary/aromatic N) is 4. The fraction of sp³-hybridized carbons (Fsp3) is 0.568. The van der Waals surface area contributed by atoms with Gasteiger partial charge < -0.3 is 10.0 Å². The van der Waals surface area contributed by atoms with Crippen LogP contribution in [0.4, 0.5) is 0 Å².